The number of hydrogen-bond acceptors (Lipinski definition) is 2. The minimum atomic E-state index is -0.00116. The van der Waals surface area contributed by atoms with Gasteiger partial charge in [-0.1, -0.05) is 15.9 Å². The van der Waals surface area contributed by atoms with Crippen LogP contribution in [0.4, 0.5) is 0 Å². The molecule has 17 heavy (non-hydrogen) atoms. The number of rotatable bonds is 0. The molecule has 0 bridgehead atoms. The summed E-state index contributed by atoms with van der Waals surface area (Å²) in [6.45, 7) is 0. The Morgan fingerprint density at radius 3 is 2.76 bits per heavy atom. The van der Waals surface area contributed by atoms with E-state index in [0.29, 0.717) is 21.9 Å². The molecular weight excluding hydrogens is 282 g/mol. The normalized spacial score (nSPS) is 11.2. The molecular formula is C13H9BrNO2+. The topological polar surface area (TPSA) is 34.1 Å². The SMILES string of the molecule is C[n+]1ccc2oc3ccc(Br)cc3c(=O)c2c1. The Labute approximate surface area is 105 Å². The average Bonchev–Trinajstić information content (AvgIpc) is 2.32. The molecule has 3 nitrogen and oxygen atoms in total. The Bertz CT molecular complexity index is 729. The molecule has 0 atom stereocenters. The van der Waals surface area contributed by atoms with Crippen LogP contribution in [0.3, 0.4) is 0 Å². The molecule has 3 aromatic rings. The second-order valence-corrected chi connectivity index (χ2v) is 4.88. The van der Waals surface area contributed by atoms with Crippen LogP contribution >= 0.6 is 15.9 Å². The van der Waals surface area contributed by atoms with Crippen molar-refractivity contribution in [3.05, 3.63) is 51.4 Å². The molecule has 0 amide bonds. The zero-order valence-electron chi connectivity index (χ0n) is 9.11. The standard InChI is InChI=1S/C13H9BrNO2/c1-15-5-4-12-10(7-15)13(16)9-6-8(14)2-3-11(9)17-12/h2-7H,1H3/q+1. The number of hydrogen-bond donors (Lipinski definition) is 0. The van der Waals surface area contributed by atoms with Gasteiger partial charge in [0, 0.05) is 10.5 Å². The van der Waals surface area contributed by atoms with Gasteiger partial charge in [-0.3, -0.25) is 4.79 Å². The molecule has 0 aliphatic rings. The Hall–Kier alpha value is -1.68. The van der Waals surface area contributed by atoms with Crippen LogP contribution in [0, 0.1) is 0 Å². The number of fused-ring (bicyclic) bond motifs is 2. The van der Waals surface area contributed by atoms with Crippen molar-refractivity contribution in [2.24, 2.45) is 7.05 Å². The fourth-order valence-corrected chi connectivity index (χ4v) is 2.24. The van der Waals surface area contributed by atoms with Gasteiger partial charge in [0.15, 0.2) is 18.0 Å². The number of aromatic nitrogens is 1. The lowest BCUT2D eigenvalue weighted by molar-refractivity contribution is -0.670. The molecule has 0 aliphatic heterocycles. The van der Waals surface area contributed by atoms with Gasteiger partial charge in [0.2, 0.25) is 5.43 Å². The van der Waals surface area contributed by atoms with Gasteiger partial charge in [-0.25, -0.2) is 4.57 Å². The van der Waals surface area contributed by atoms with Crippen LogP contribution in [-0.2, 0) is 7.05 Å². The van der Waals surface area contributed by atoms with Crippen LogP contribution < -0.4 is 10.00 Å². The number of pyridine rings is 1. The molecule has 1 aromatic carbocycles. The van der Waals surface area contributed by atoms with Crippen LogP contribution in [0.15, 0.2) is 50.3 Å². The molecule has 0 unspecified atom stereocenters. The summed E-state index contributed by atoms with van der Waals surface area (Å²) >= 11 is 3.36. The van der Waals surface area contributed by atoms with Gasteiger partial charge in [0.05, 0.1) is 5.39 Å². The Morgan fingerprint density at radius 1 is 1.18 bits per heavy atom. The minimum Gasteiger partial charge on any atom is -0.455 e. The molecule has 2 aromatic heterocycles. The summed E-state index contributed by atoms with van der Waals surface area (Å²) in [5.74, 6) is 0. The Kier molecular flexibility index (Phi) is 2.26. The summed E-state index contributed by atoms with van der Waals surface area (Å²) in [7, 11) is 1.88. The molecule has 4 heteroatoms. The molecule has 3 rings (SSSR count). The first kappa shape index (κ1) is 10.5. The van der Waals surface area contributed by atoms with E-state index in [2.05, 4.69) is 15.9 Å². The highest BCUT2D eigenvalue weighted by molar-refractivity contribution is 9.10. The predicted octanol–water partition coefficient (Wildman–Crippen LogP) is 2.53. The summed E-state index contributed by atoms with van der Waals surface area (Å²) in [5, 5.41) is 1.19. The molecule has 0 radical (unpaired) electrons. The molecule has 0 aliphatic carbocycles. The fraction of sp³-hybridized carbons (Fsp3) is 0.0769. The maximum Gasteiger partial charge on any atom is 0.206 e. The largest absolute Gasteiger partial charge is 0.455 e. The molecule has 2 heterocycles. The molecule has 0 saturated carbocycles. The van der Waals surface area contributed by atoms with Gasteiger partial charge < -0.3 is 4.42 Å². The van der Waals surface area contributed by atoms with E-state index in [1.807, 2.05) is 23.9 Å². The third kappa shape index (κ3) is 1.65. The summed E-state index contributed by atoms with van der Waals surface area (Å²) in [4.78, 5) is 12.3. The van der Waals surface area contributed by atoms with Crippen molar-refractivity contribution < 1.29 is 8.98 Å². The lowest BCUT2D eigenvalue weighted by atomic mass is 10.2. The third-order valence-electron chi connectivity index (χ3n) is 2.71. The van der Waals surface area contributed by atoms with E-state index in [9.17, 15) is 4.79 Å². The summed E-state index contributed by atoms with van der Waals surface area (Å²) in [6, 6.07) is 7.25. The first-order valence-electron chi connectivity index (χ1n) is 5.16. The maximum absolute atomic E-state index is 12.3. The van der Waals surface area contributed by atoms with E-state index in [4.69, 9.17) is 4.42 Å². The second kappa shape index (κ2) is 3.67. The molecule has 0 spiro atoms. The van der Waals surface area contributed by atoms with Crippen molar-refractivity contribution in [3.63, 3.8) is 0 Å². The van der Waals surface area contributed by atoms with E-state index in [-0.39, 0.29) is 5.43 Å². The number of benzene rings is 1. The molecule has 0 saturated heterocycles. The summed E-state index contributed by atoms with van der Waals surface area (Å²) in [6.07, 6.45) is 3.64. The maximum atomic E-state index is 12.3. The number of aryl methyl sites for hydroxylation is 1. The van der Waals surface area contributed by atoms with Crippen molar-refractivity contribution in [1.29, 1.82) is 0 Å². The first-order valence-corrected chi connectivity index (χ1v) is 5.96. The van der Waals surface area contributed by atoms with E-state index >= 15 is 0 Å². The average molecular weight is 291 g/mol. The summed E-state index contributed by atoms with van der Waals surface area (Å²) < 4.78 is 8.41. The van der Waals surface area contributed by atoms with Crippen molar-refractivity contribution in [2.75, 3.05) is 0 Å². The van der Waals surface area contributed by atoms with Gasteiger partial charge in [-0.2, -0.15) is 0 Å². The molecule has 84 valence electrons. The minimum absolute atomic E-state index is 0.00116. The lowest BCUT2D eigenvalue weighted by Gasteiger charge is -2.00. The van der Waals surface area contributed by atoms with E-state index in [0.717, 1.165) is 4.47 Å². The number of nitrogens with zero attached hydrogens (tertiary/aromatic N) is 1. The van der Waals surface area contributed by atoms with Crippen LogP contribution in [0.1, 0.15) is 0 Å². The quantitative estimate of drug-likeness (QED) is 0.471. The van der Waals surface area contributed by atoms with Crippen molar-refractivity contribution in [1.82, 2.24) is 0 Å². The van der Waals surface area contributed by atoms with Crippen LogP contribution in [0.5, 0.6) is 0 Å². The summed E-state index contributed by atoms with van der Waals surface area (Å²) in [5.41, 5.74) is 1.22. The zero-order valence-corrected chi connectivity index (χ0v) is 10.7. The Morgan fingerprint density at radius 2 is 1.94 bits per heavy atom. The van der Waals surface area contributed by atoms with Crippen molar-refractivity contribution in [3.8, 4) is 0 Å². The van der Waals surface area contributed by atoms with Crippen LogP contribution in [0.2, 0.25) is 0 Å². The van der Waals surface area contributed by atoms with Crippen LogP contribution in [0.25, 0.3) is 21.9 Å². The monoisotopic (exact) mass is 290 g/mol. The van der Waals surface area contributed by atoms with Gasteiger partial charge in [-0.15, -0.1) is 0 Å². The van der Waals surface area contributed by atoms with Crippen molar-refractivity contribution >= 4 is 37.9 Å². The van der Waals surface area contributed by atoms with Gasteiger partial charge >= 0.3 is 0 Å². The highest BCUT2D eigenvalue weighted by Crippen LogP contribution is 2.20. The second-order valence-electron chi connectivity index (χ2n) is 3.96. The molecule has 0 fully saturated rings. The van der Waals surface area contributed by atoms with Gasteiger partial charge in [-0.05, 0) is 18.2 Å². The van der Waals surface area contributed by atoms with Gasteiger partial charge in [0.1, 0.15) is 18.0 Å². The smallest absolute Gasteiger partial charge is 0.206 e. The lowest BCUT2D eigenvalue weighted by Crippen LogP contribution is -2.27. The van der Waals surface area contributed by atoms with Crippen LogP contribution in [-0.4, -0.2) is 0 Å². The number of halogens is 1. The van der Waals surface area contributed by atoms with E-state index in [1.165, 1.54) is 0 Å². The highest BCUT2D eigenvalue weighted by atomic mass is 79.9. The fourth-order valence-electron chi connectivity index (χ4n) is 1.88. The van der Waals surface area contributed by atoms with E-state index in [1.54, 1.807) is 24.4 Å². The first-order chi connectivity index (χ1) is 8.15. The molecule has 0 N–H and O–H groups in total. The highest BCUT2D eigenvalue weighted by Gasteiger charge is 2.10. The zero-order chi connectivity index (χ0) is 12.0. The predicted molar refractivity (Wildman–Crippen MR) is 68.9 cm³/mol. The Balaban J connectivity index is 2.58. The van der Waals surface area contributed by atoms with E-state index < -0.39 is 0 Å². The third-order valence-corrected chi connectivity index (χ3v) is 3.20. The van der Waals surface area contributed by atoms with Crippen molar-refractivity contribution in [2.45, 2.75) is 0 Å². The van der Waals surface area contributed by atoms with Gasteiger partial charge in [0.25, 0.3) is 0 Å².